The van der Waals surface area contributed by atoms with Crippen LogP contribution in [0.5, 0.6) is 0 Å². The van der Waals surface area contributed by atoms with Crippen LogP contribution in [0.1, 0.15) is 28.4 Å². The van der Waals surface area contributed by atoms with Gasteiger partial charge < -0.3 is 9.84 Å². The van der Waals surface area contributed by atoms with Gasteiger partial charge in [-0.15, -0.1) is 0 Å². The summed E-state index contributed by atoms with van der Waals surface area (Å²) in [6.45, 7) is 1.98. The Kier molecular flexibility index (Phi) is 3.39. The van der Waals surface area contributed by atoms with E-state index in [9.17, 15) is 9.59 Å². The lowest BCUT2D eigenvalue weighted by molar-refractivity contribution is -0.132. The average molecular weight is 267 g/mol. The highest BCUT2D eigenvalue weighted by molar-refractivity contribution is 6.33. The molecule has 0 fully saturated rings. The summed E-state index contributed by atoms with van der Waals surface area (Å²) in [4.78, 5) is 22.5. The zero-order chi connectivity index (χ0) is 13.3. The number of carbonyl (C=O) groups is 2. The van der Waals surface area contributed by atoms with E-state index in [1.165, 1.54) is 0 Å². The summed E-state index contributed by atoms with van der Waals surface area (Å²) in [5, 5.41) is 9.21. The molecule has 1 aromatic rings. The molecule has 1 N–H and O–H groups in total. The van der Waals surface area contributed by atoms with E-state index in [0.717, 1.165) is 5.56 Å². The lowest BCUT2D eigenvalue weighted by Gasteiger charge is -2.06. The molecule has 0 aliphatic heterocycles. The van der Waals surface area contributed by atoms with E-state index in [1.54, 1.807) is 25.1 Å². The highest BCUT2D eigenvalue weighted by Crippen LogP contribution is 2.30. The highest BCUT2D eigenvalue weighted by atomic mass is 35.5. The summed E-state index contributed by atoms with van der Waals surface area (Å²) in [6, 6.07) is 3.20. The number of ether oxygens (including phenoxy) is 1. The van der Waals surface area contributed by atoms with Crippen molar-refractivity contribution in [2.45, 2.75) is 13.3 Å². The normalized spacial score (nSPS) is 12.9. The number of carbonyl (C=O) groups excluding carboxylic acids is 1. The average Bonchev–Trinajstić information content (AvgIpc) is 2.71. The molecule has 2 rings (SSSR count). The first kappa shape index (κ1) is 12.6. The van der Waals surface area contributed by atoms with Crippen LogP contribution in [0.3, 0.4) is 0 Å². The molecule has 0 aromatic heterocycles. The molecule has 1 aliphatic carbocycles. The van der Waals surface area contributed by atoms with Gasteiger partial charge in [0.05, 0.1) is 17.2 Å². The number of carboxylic acids is 1. The summed E-state index contributed by atoms with van der Waals surface area (Å²) < 4.78 is 4.88. The molecule has 1 aliphatic rings. The summed E-state index contributed by atoms with van der Waals surface area (Å²) in [7, 11) is 0. The van der Waals surface area contributed by atoms with Gasteiger partial charge in [0.15, 0.2) is 0 Å². The van der Waals surface area contributed by atoms with Gasteiger partial charge in [-0.3, -0.25) is 0 Å². The van der Waals surface area contributed by atoms with Crippen molar-refractivity contribution < 1.29 is 19.4 Å². The second-order valence-electron chi connectivity index (χ2n) is 3.90. The third kappa shape index (κ3) is 2.24. The molecular weight excluding hydrogens is 256 g/mol. The molecular formula is C13H11ClO4. The van der Waals surface area contributed by atoms with Crippen LogP contribution in [0.4, 0.5) is 0 Å². The number of fused-ring (bicyclic) bond motifs is 1. The number of rotatable bonds is 3. The fraction of sp³-hybridized carbons (Fsp3) is 0.231. The minimum absolute atomic E-state index is 0.264. The van der Waals surface area contributed by atoms with Crippen LogP contribution in [-0.4, -0.2) is 23.7 Å². The Balaban J connectivity index is 2.40. The van der Waals surface area contributed by atoms with Crippen LogP contribution >= 0.6 is 11.6 Å². The van der Waals surface area contributed by atoms with Gasteiger partial charge in [0.2, 0.25) is 0 Å². The number of halogens is 1. The predicted octanol–water partition coefficient (Wildman–Crippen LogP) is 2.54. The Labute approximate surface area is 109 Å². The second-order valence-corrected chi connectivity index (χ2v) is 4.31. The summed E-state index contributed by atoms with van der Waals surface area (Å²) in [6.07, 6.45) is 1.88. The molecule has 0 heterocycles. The number of carboxylic acid groups (broad SMARTS) is 1. The molecule has 0 atom stereocenters. The van der Waals surface area contributed by atoms with Gasteiger partial charge in [0.25, 0.3) is 0 Å². The maximum absolute atomic E-state index is 11.6. The van der Waals surface area contributed by atoms with Crippen LogP contribution in [0.15, 0.2) is 17.7 Å². The van der Waals surface area contributed by atoms with Gasteiger partial charge in [-0.2, -0.15) is 0 Å². The van der Waals surface area contributed by atoms with E-state index in [0.29, 0.717) is 17.6 Å². The smallest absolute Gasteiger partial charge is 0.339 e. The van der Waals surface area contributed by atoms with Crippen LogP contribution in [-0.2, 0) is 16.0 Å². The van der Waals surface area contributed by atoms with Gasteiger partial charge in [-0.25, -0.2) is 9.59 Å². The molecule has 5 heteroatoms. The van der Waals surface area contributed by atoms with Crippen molar-refractivity contribution in [2.75, 3.05) is 6.61 Å². The number of esters is 1. The highest BCUT2D eigenvalue weighted by Gasteiger charge is 2.21. The van der Waals surface area contributed by atoms with Crippen molar-refractivity contribution in [3.8, 4) is 0 Å². The zero-order valence-corrected chi connectivity index (χ0v) is 10.5. The monoisotopic (exact) mass is 266 g/mol. The van der Waals surface area contributed by atoms with Crippen molar-refractivity contribution in [2.24, 2.45) is 0 Å². The third-order valence-electron chi connectivity index (χ3n) is 2.71. The van der Waals surface area contributed by atoms with E-state index in [-0.39, 0.29) is 17.2 Å². The second kappa shape index (κ2) is 4.82. The van der Waals surface area contributed by atoms with E-state index in [2.05, 4.69) is 0 Å². The fourth-order valence-electron chi connectivity index (χ4n) is 1.87. The SMILES string of the molecule is CCOC(=O)c1cc2c(cc1Cl)CC(C(=O)O)=C2. The van der Waals surface area contributed by atoms with E-state index >= 15 is 0 Å². The summed E-state index contributed by atoms with van der Waals surface area (Å²) >= 11 is 5.99. The Hall–Kier alpha value is -1.81. The molecule has 0 amide bonds. The van der Waals surface area contributed by atoms with Crippen LogP contribution in [0, 0.1) is 0 Å². The quantitative estimate of drug-likeness (QED) is 0.854. The van der Waals surface area contributed by atoms with Crippen LogP contribution in [0.2, 0.25) is 5.02 Å². The molecule has 1 aromatic carbocycles. The number of hydrogen-bond acceptors (Lipinski definition) is 3. The first-order valence-electron chi connectivity index (χ1n) is 5.46. The number of benzene rings is 1. The third-order valence-corrected chi connectivity index (χ3v) is 3.02. The van der Waals surface area contributed by atoms with Gasteiger partial charge >= 0.3 is 11.9 Å². The Morgan fingerprint density at radius 3 is 2.78 bits per heavy atom. The number of hydrogen-bond donors (Lipinski definition) is 1. The number of aliphatic carboxylic acids is 1. The Morgan fingerprint density at radius 2 is 2.17 bits per heavy atom. The zero-order valence-electron chi connectivity index (χ0n) is 9.70. The molecule has 18 heavy (non-hydrogen) atoms. The van der Waals surface area contributed by atoms with Crippen LogP contribution < -0.4 is 0 Å². The molecule has 0 bridgehead atoms. The largest absolute Gasteiger partial charge is 0.478 e. The van der Waals surface area contributed by atoms with E-state index in [1.807, 2.05) is 0 Å². The summed E-state index contributed by atoms with van der Waals surface area (Å²) in [5.74, 6) is -1.46. The predicted molar refractivity (Wildman–Crippen MR) is 66.7 cm³/mol. The Bertz CT molecular complexity index is 560. The minimum Gasteiger partial charge on any atom is -0.478 e. The molecule has 94 valence electrons. The lowest BCUT2D eigenvalue weighted by atomic mass is 10.1. The van der Waals surface area contributed by atoms with Crippen molar-refractivity contribution >= 4 is 29.6 Å². The van der Waals surface area contributed by atoms with Crippen molar-refractivity contribution in [3.05, 3.63) is 39.4 Å². The minimum atomic E-state index is -0.958. The molecule has 0 unspecified atom stereocenters. The van der Waals surface area contributed by atoms with Crippen molar-refractivity contribution in [3.63, 3.8) is 0 Å². The maximum Gasteiger partial charge on any atom is 0.339 e. The van der Waals surface area contributed by atoms with Crippen LogP contribution in [0.25, 0.3) is 6.08 Å². The lowest BCUT2D eigenvalue weighted by Crippen LogP contribution is -2.06. The first-order valence-corrected chi connectivity index (χ1v) is 5.84. The first-order chi connectivity index (χ1) is 8.52. The van der Waals surface area contributed by atoms with Crippen molar-refractivity contribution in [1.29, 1.82) is 0 Å². The standard InChI is InChI=1S/C13H11ClO4/c1-2-18-13(17)10-5-7-3-9(12(15)16)4-8(7)6-11(10)14/h3,5-6H,2,4H2,1H3,(H,15,16). The fourth-order valence-corrected chi connectivity index (χ4v) is 2.13. The molecule has 0 saturated carbocycles. The van der Waals surface area contributed by atoms with Gasteiger partial charge in [0.1, 0.15) is 0 Å². The van der Waals surface area contributed by atoms with Gasteiger partial charge in [-0.05, 0) is 36.3 Å². The molecule has 0 saturated heterocycles. The Morgan fingerprint density at radius 1 is 1.44 bits per heavy atom. The van der Waals surface area contributed by atoms with Gasteiger partial charge in [0, 0.05) is 12.0 Å². The molecule has 4 nitrogen and oxygen atoms in total. The maximum atomic E-state index is 11.6. The molecule has 0 spiro atoms. The van der Waals surface area contributed by atoms with Gasteiger partial charge in [-0.1, -0.05) is 11.6 Å². The van der Waals surface area contributed by atoms with E-state index in [4.69, 9.17) is 21.4 Å². The topological polar surface area (TPSA) is 63.6 Å². The molecule has 0 radical (unpaired) electrons. The van der Waals surface area contributed by atoms with Crippen molar-refractivity contribution in [1.82, 2.24) is 0 Å². The summed E-state index contributed by atoms with van der Waals surface area (Å²) in [5.41, 5.74) is 2.08. The van der Waals surface area contributed by atoms with E-state index < -0.39 is 11.9 Å².